The van der Waals surface area contributed by atoms with Crippen LogP contribution in [0.25, 0.3) is 10.2 Å². The summed E-state index contributed by atoms with van der Waals surface area (Å²) in [5.41, 5.74) is 3.39. The third-order valence-electron chi connectivity index (χ3n) is 4.32. The van der Waals surface area contributed by atoms with Crippen molar-refractivity contribution in [3.63, 3.8) is 0 Å². The fourth-order valence-corrected chi connectivity index (χ4v) is 4.17. The molecule has 0 saturated carbocycles. The second-order valence-corrected chi connectivity index (χ2v) is 8.26. The highest BCUT2D eigenvalue weighted by Gasteiger charge is 2.14. The van der Waals surface area contributed by atoms with Gasteiger partial charge in [-0.15, -0.1) is 11.3 Å². The number of amides is 1. The number of aromatic nitrogens is 2. The lowest BCUT2D eigenvalue weighted by molar-refractivity contribution is -0.146. The molecule has 1 N–H and O–H groups in total. The van der Waals surface area contributed by atoms with Gasteiger partial charge in [0.2, 0.25) is 0 Å². The molecule has 0 aliphatic rings. The molecule has 0 aliphatic heterocycles. The summed E-state index contributed by atoms with van der Waals surface area (Å²) in [6, 6.07) is 7.84. The number of benzene rings is 1. The summed E-state index contributed by atoms with van der Waals surface area (Å²) in [5.74, 6) is -0.700. The van der Waals surface area contributed by atoms with E-state index < -0.39 is 5.97 Å². The van der Waals surface area contributed by atoms with Crippen LogP contribution in [-0.4, -0.2) is 34.2 Å². The number of rotatable bonds is 7. The van der Waals surface area contributed by atoms with Gasteiger partial charge in [-0.25, -0.2) is 9.97 Å². The van der Waals surface area contributed by atoms with E-state index in [1.165, 1.54) is 40.6 Å². The zero-order valence-electron chi connectivity index (χ0n) is 15.9. The summed E-state index contributed by atoms with van der Waals surface area (Å²) >= 11 is 2.80. The number of fused-ring (bicyclic) bond motifs is 1. The van der Waals surface area contributed by atoms with E-state index in [1.54, 1.807) is 0 Å². The Morgan fingerprint density at radius 1 is 1.21 bits per heavy atom. The first-order chi connectivity index (χ1) is 13.4. The number of aryl methyl sites for hydroxylation is 2. The minimum atomic E-state index is -0.457. The number of esters is 1. The first-order valence-corrected chi connectivity index (χ1v) is 10.6. The van der Waals surface area contributed by atoms with Gasteiger partial charge in [0.1, 0.15) is 16.2 Å². The highest BCUT2D eigenvalue weighted by atomic mass is 32.2. The van der Waals surface area contributed by atoms with Crippen molar-refractivity contribution in [2.24, 2.45) is 0 Å². The van der Waals surface area contributed by atoms with E-state index in [4.69, 9.17) is 4.74 Å². The van der Waals surface area contributed by atoms with Gasteiger partial charge in [-0.3, -0.25) is 9.59 Å². The van der Waals surface area contributed by atoms with E-state index in [2.05, 4.69) is 21.4 Å². The minimum Gasteiger partial charge on any atom is -0.455 e. The topological polar surface area (TPSA) is 81.2 Å². The van der Waals surface area contributed by atoms with Gasteiger partial charge in [0.25, 0.3) is 5.91 Å². The Morgan fingerprint density at radius 3 is 2.82 bits per heavy atom. The fourth-order valence-electron chi connectivity index (χ4n) is 2.60. The summed E-state index contributed by atoms with van der Waals surface area (Å²) in [5, 5.41) is 6.44. The largest absolute Gasteiger partial charge is 0.455 e. The second-order valence-electron chi connectivity index (χ2n) is 6.40. The van der Waals surface area contributed by atoms with Crippen molar-refractivity contribution in [2.45, 2.75) is 31.8 Å². The summed E-state index contributed by atoms with van der Waals surface area (Å²) < 4.78 is 5.09. The van der Waals surface area contributed by atoms with Gasteiger partial charge >= 0.3 is 5.97 Å². The van der Waals surface area contributed by atoms with Crippen LogP contribution in [0.4, 0.5) is 0 Å². The van der Waals surface area contributed by atoms with E-state index in [-0.39, 0.29) is 24.3 Å². The lowest BCUT2D eigenvalue weighted by Gasteiger charge is -2.15. The van der Waals surface area contributed by atoms with E-state index in [0.29, 0.717) is 0 Å². The normalized spacial score (nSPS) is 12.0. The van der Waals surface area contributed by atoms with Crippen LogP contribution in [0.15, 0.2) is 41.0 Å². The zero-order chi connectivity index (χ0) is 20.1. The van der Waals surface area contributed by atoms with Gasteiger partial charge in [-0.05, 0) is 48.9 Å². The molecule has 1 aromatic carbocycles. The van der Waals surface area contributed by atoms with Gasteiger partial charge in [-0.1, -0.05) is 30.0 Å². The third kappa shape index (κ3) is 5.08. The molecule has 8 heteroatoms. The minimum absolute atomic E-state index is 0.0853. The van der Waals surface area contributed by atoms with Crippen LogP contribution < -0.4 is 5.32 Å². The number of thiophene rings is 1. The predicted molar refractivity (Wildman–Crippen MR) is 112 cm³/mol. The molecule has 2 aromatic heterocycles. The Morgan fingerprint density at radius 2 is 2.04 bits per heavy atom. The highest BCUT2D eigenvalue weighted by molar-refractivity contribution is 8.00. The molecule has 0 radical (unpaired) electrons. The van der Waals surface area contributed by atoms with Gasteiger partial charge in [-0.2, -0.15) is 0 Å². The predicted octanol–water partition coefficient (Wildman–Crippen LogP) is 3.82. The summed E-state index contributed by atoms with van der Waals surface area (Å²) in [4.78, 5) is 33.3. The molecule has 28 heavy (non-hydrogen) atoms. The van der Waals surface area contributed by atoms with E-state index >= 15 is 0 Å². The van der Waals surface area contributed by atoms with Crippen molar-refractivity contribution < 1.29 is 14.3 Å². The van der Waals surface area contributed by atoms with Crippen LogP contribution in [0.5, 0.6) is 0 Å². The molecule has 1 atom stereocenters. The number of nitrogens with one attached hydrogen (secondary N) is 1. The fraction of sp³-hybridized carbons (Fsp3) is 0.300. The number of hydrogen-bond acceptors (Lipinski definition) is 7. The van der Waals surface area contributed by atoms with Gasteiger partial charge in [0.05, 0.1) is 11.8 Å². The standard InChI is InChI=1S/C20H21N3O3S2/c1-12-4-5-15(8-13(12)2)14(3)23-17(24)9-26-18(25)10-28-20-16-6-7-27-19(16)21-11-22-20/h4-8,11,14H,9-10H2,1-3H3,(H,23,24)/t14-/m0/s1. The molecular formula is C20H21N3O3S2. The SMILES string of the molecule is Cc1ccc([C@H](C)NC(=O)COC(=O)CSc2ncnc3sccc23)cc1C. The first-order valence-electron chi connectivity index (χ1n) is 8.77. The van der Waals surface area contributed by atoms with E-state index in [9.17, 15) is 9.59 Å². The lowest BCUT2D eigenvalue weighted by atomic mass is 10.0. The Labute approximate surface area is 171 Å². The van der Waals surface area contributed by atoms with Crippen LogP contribution in [0.1, 0.15) is 29.7 Å². The average molecular weight is 416 g/mol. The summed E-state index contributed by atoms with van der Waals surface area (Å²) in [6.07, 6.45) is 1.48. The molecule has 1 amide bonds. The van der Waals surface area contributed by atoms with Gasteiger partial charge in [0.15, 0.2) is 6.61 Å². The van der Waals surface area contributed by atoms with Gasteiger partial charge < -0.3 is 10.1 Å². The van der Waals surface area contributed by atoms with E-state index in [0.717, 1.165) is 20.8 Å². The van der Waals surface area contributed by atoms with Crippen molar-refractivity contribution in [2.75, 3.05) is 12.4 Å². The van der Waals surface area contributed by atoms with Crippen LogP contribution in [0.3, 0.4) is 0 Å². The van der Waals surface area contributed by atoms with Crippen LogP contribution in [-0.2, 0) is 14.3 Å². The molecule has 0 aliphatic carbocycles. The molecule has 146 valence electrons. The summed E-state index contributed by atoms with van der Waals surface area (Å²) in [7, 11) is 0. The first kappa shape index (κ1) is 20.3. The average Bonchev–Trinajstić information content (AvgIpc) is 3.16. The number of hydrogen-bond donors (Lipinski definition) is 1. The Kier molecular flexibility index (Phi) is 6.64. The van der Waals surface area contributed by atoms with Crippen molar-refractivity contribution in [1.29, 1.82) is 0 Å². The maximum Gasteiger partial charge on any atom is 0.316 e. The molecule has 0 unspecified atom stereocenters. The summed E-state index contributed by atoms with van der Waals surface area (Å²) in [6.45, 7) is 5.69. The molecule has 0 fully saturated rings. The molecule has 0 saturated heterocycles. The van der Waals surface area contributed by atoms with Crippen molar-refractivity contribution >= 4 is 45.2 Å². The van der Waals surface area contributed by atoms with Gasteiger partial charge in [0, 0.05) is 5.39 Å². The van der Waals surface area contributed by atoms with E-state index in [1.807, 2.05) is 44.4 Å². The number of carbonyl (C=O) groups excluding carboxylic acids is 2. The van der Waals surface area contributed by atoms with Crippen molar-refractivity contribution in [3.8, 4) is 0 Å². The molecule has 3 aromatic rings. The Bertz CT molecular complexity index is 1000. The van der Waals surface area contributed by atoms with Crippen LogP contribution in [0.2, 0.25) is 0 Å². The monoisotopic (exact) mass is 415 g/mol. The molecule has 6 nitrogen and oxygen atoms in total. The highest BCUT2D eigenvalue weighted by Crippen LogP contribution is 2.27. The number of ether oxygens (including phenoxy) is 1. The van der Waals surface area contributed by atoms with Crippen LogP contribution >= 0.6 is 23.1 Å². The number of carbonyl (C=O) groups is 2. The maximum atomic E-state index is 12.1. The molecule has 0 bridgehead atoms. The molecule has 0 spiro atoms. The lowest BCUT2D eigenvalue weighted by Crippen LogP contribution is -2.31. The smallest absolute Gasteiger partial charge is 0.316 e. The Balaban J connectivity index is 1.45. The molecular weight excluding hydrogens is 394 g/mol. The maximum absolute atomic E-state index is 12.1. The number of thioether (sulfide) groups is 1. The molecule has 2 heterocycles. The third-order valence-corrected chi connectivity index (χ3v) is 6.12. The number of nitrogens with zero attached hydrogens (tertiary/aromatic N) is 2. The second kappa shape index (κ2) is 9.16. The quantitative estimate of drug-likeness (QED) is 0.359. The van der Waals surface area contributed by atoms with Crippen LogP contribution in [0, 0.1) is 13.8 Å². The molecule has 3 rings (SSSR count). The Hall–Kier alpha value is -2.45. The van der Waals surface area contributed by atoms with Crippen molar-refractivity contribution in [1.82, 2.24) is 15.3 Å². The van der Waals surface area contributed by atoms with Crippen molar-refractivity contribution in [3.05, 3.63) is 52.7 Å². The zero-order valence-corrected chi connectivity index (χ0v) is 17.5.